The molecule has 0 aromatic heterocycles. The van der Waals surface area contributed by atoms with E-state index in [0.717, 1.165) is 0 Å². The average Bonchev–Trinajstić information content (AvgIpc) is 2.85. The molecular weight excluding hydrogens is 285 g/mol. The zero-order valence-electron chi connectivity index (χ0n) is 9.49. The third kappa shape index (κ3) is 1.77. The van der Waals surface area contributed by atoms with E-state index in [2.05, 4.69) is 5.16 Å². The van der Waals surface area contributed by atoms with E-state index in [9.17, 15) is 0 Å². The van der Waals surface area contributed by atoms with Crippen LogP contribution >= 0.6 is 23.2 Å². The first-order valence-corrected chi connectivity index (χ1v) is 5.52. The zero-order chi connectivity index (χ0) is 13.3. The lowest BCUT2D eigenvalue weighted by Crippen LogP contribution is -2.01. The molecule has 0 fully saturated rings. The summed E-state index contributed by atoms with van der Waals surface area (Å²) in [6, 6.07) is 0. The zero-order valence-corrected chi connectivity index (χ0v) is 11.0. The van der Waals surface area contributed by atoms with Gasteiger partial charge in [0.05, 0.1) is 19.8 Å². The van der Waals surface area contributed by atoms with Gasteiger partial charge in [0.2, 0.25) is 18.3 Å². The van der Waals surface area contributed by atoms with Crippen molar-refractivity contribution in [3.05, 3.63) is 10.6 Å². The third-order valence-electron chi connectivity index (χ3n) is 2.37. The van der Waals surface area contributed by atoms with Crippen LogP contribution in [0.1, 0.15) is 5.56 Å². The van der Waals surface area contributed by atoms with E-state index in [-0.39, 0.29) is 34.0 Å². The van der Waals surface area contributed by atoms with Crippen molar-refractivity contribution in [3.63, 3.8) is 0 Å². The lowest BCUT2D eigenvalue weighted by molar-refractivity contribution is 0.168. The Morgan fingerprint density at radius 2 is 1.78 bits per heavy atom. The highest BCUT2D eigenvalue weighted by Gasteiger charge is 2.32. The van der Waals surface area contributed by atoms with Crippen molar-refractivity contribution in [2.45, 2.75) is 0 Å². The molecule has 0 saturated carbocycles. The highest BCUT2D eigenvalue weighted by molar-refractivity contribution is 6.71. The van der Waals surface area contributed by atoms with Crippen molar-refractivity contribution < 1.29 is 24.2 Å². The van der Waals surface area contributed by atoms with Crippen molar-refractivity contribution in [1.82, 2.24) is 0 Å². The van der Waals surface area contributed by atoms with Crippen LogP contribution in [-0.2, 0) is 0 Å². The molecule has 0 radical (unpaired) electrons. The van der Waals surface area contributed by atoms with Crippen LogP contribution in [0, 0.1) is 0 Å². The number of ether oxygens (including phenoxy) is 4. The van der Waals surface area contributed by atoms with Crippen molar-refractivity contribution >= 4 is 28.4 Å². The van der Waals surface area contributed by atoms with Crippen LogP contribution in [0.5, 0.6) is 23.0 Å². The van der Waals surface area contributed by atoms with Gasteiger partial charge in [-0.1, -0.05) is 28.4 Å². The van der Waals surface area contributed by atoms with Gasteiger partial charge in [0, 0.05) is 0 Å². The minimum atomic E-state index is -0.242. The van der Waals surface area contributed by atoms with Gasteiger partial charge in [-0.3, -0.25) is 0 Å². The monoisotopic (exact) mass is 293 g/mol. The first-order valence-electron chi connectivity index (χ1n) is 4.76. The lowest BCUT2D eigenvalue weighted by Gasteiger charge is -2.14. The summed E-state index contributed by atoms with van der Waals surface area (Å²) in [6.45, 7) is 0.00965. The molecule has 0 amide bonds. The van der Waals surface area contributed by atoms with Crippen LogP contribution in [0.25, 0.3) is 0 Å². The molecule has 0 bridgehead atoms. The van der Waals surface area contributed by atoms with E-state index in [1.807, 2.05) is 0 Å². The largest absolute Gasteiger partial charge is 0.492 e. The number of hydrogen-bond donors (Lipinski definition) is 1. The number of halogens is 2. The first-order chi connectivity index (χ1) is 8.65. The minimum Gasteiger partial charge on any atom is -0.492 e. The molecule has 18 heavy (non-hydrogen) atoms. The number of fused-ring (bicyclic) bond motifs is 1. The Morgan fingerprint density at radius 1 is 1.22 bits per heavy atom. The summed E-state index contributed by atoms with van der Waals surface area (Å²) in [6.07, 6.45) is 0. The summed E-state index contributed by atoms with van der Waals surface area (Å²) in [7, 11) is 2.83. The molecule has 0 spiro atoms. The number of benzene rings is 1. The van der Waals surface area contributed by atoms with Gasteiger partial charge in [0.1, 0.15) is 5.02 Å². The SMILES string of the molecule is COc1c(Cl)c(/C(Cl)=N\O)c(OC)c2c1OCO2. The summed E-state index contributed by atoms with van der Waals surface area (Å²) in [5.74, 6) is 1.08. The fourth-order valence-electron chi connectivity index (χ4n) is 1.65. The second-order valence-electron chi connectivity index (χ2n) is 3.21. The third-order valence-corrected chi connectivity index (χ3v) is 3.00. The maximum absolute atomic E-state index is 8.77. The normalized spacial score (nSPS) is 13.7. The molecule has 1 aromatic carbocycles. The number of oxime groups is 1. The maximum atomic E-state index is 8.77. The summed E-state index contributed by atoms with van der Waals surface area (Å²) >= 11 is 11.9. The van der Waals surface area contributed by atoms with Gasteiger partial charge in [0.15, 0.2) is 16.7 Å². The molecule has 1 heterocycles. The standard InChI is InChI=1S/C10H9Cl2NO5/c1-15-6-4(10(12)13-14)5(11)7(16-2)9-8(6)17-3-18-9/h14H,3H2,1-2H3/b13-10+. The van der Waals surface area contributed by atoms with Crippen LogP contribution in [-0.4, -0.2) is 31.4 Å². The van der Waals surface area contributed by atoms with E-state index in [0.29, 0.717) is 11.5 Å². The van der Waals surface area contributed by atoms with E-state index >= 15 is 0 Å². The van der Waals surface area contributed by atoms with Gasteiger partial charge in [-0.05, 0) is 0 Å². The van der Waals surface area contributed by atoms with Gasteiger partial charge in [-0.2, -0.15) is 0 Å². The molecule has 0 saturated heterocycles. The van der Waals surface area contributed by atoms with Gasteiger partial charge in [0.25, 0.3) is 0 Å². The summed E-state index contributed by atoms with van der Waals surface area (Å²) in [4.78, 5) is 0. The van der Waals surface area contributed by atoms with Crippen molar-refractivity contribution in [1.29, 1.82) is 0 Å². The Bertz CT molecular complexity index is 518. The highest BCUT2D eigenvalue weighted by Crippen LogP contribution is 2.54. The Balaban J connectivity index is 2.80. The van der Waals surface area contributed by atoms with Crippen LogP contribution in [0.3, 0.4) is 0 Å². The Labute approximate surface area is 113 Å². The molecule has 98 valence electrons. The lowest BCUT2D eigenvalue weighted by atomic mass is 10.1. The second kappa shape index (κ2) is 4.99. The van der Waals surface area contributed by atoms with Gasteiger partial charge in [-0.25, -0.2) is 0 Å². The summed E-state index contributed by atoms with van der Waals surface area (Å²) in [5, 5.41) is 11.5. The molecule has 1 N–H and O–H groups in total. The molecule has 2 rings (SSSR count). The van der Waals surface area contributed by atoms with Crippen LogP contribution in [0.15, 0.2) is 5.16 Å². The molecule has 1 aliphatic heterocycles. The molecule has 0 unspecified atom stereocenters. The summed E-state index contributed by atoms with van der Waals surface area (Å²) in [5.41, 5.74) is 0.171. The maximum Gasteiger partial charge on any atom is 0.231 e. The fraction of sp³-hybridized carbons (Fsp3) is 0.300. The van der Waals surface area contributed by atoms with E-state index in [1.54, 1.807) is 0 Å². The minimum absolute atomic E-state index is 0.00965. The molecule has 1 aromatic rings. The smallest absolute Gasteiger partial charge is 0.231 e. The Hall–Kier alpha value is -1.53. The number of methoxy groups -OCH3 is 2. The highest BCUT2D eigenvalue weighted by atomic mass is 35.5. The van der Waals surface area contributed by atoms with Crippen molar-refractivity contribution in [2.24, 2.45) is 5.16 Å². The fourth-order valence-corrected chi connectivity index (χ4v) is 2.22. The van der Waals surface area contributed by atoms with E-state index < -0.39 is 0 Å². The van der Waals surface area contributed by atoms with Crippen molar-refractivity contribution in [3.8, 4) is 23.0 Å². The molecule has 0 aliphatic carbocycles. The molecule has 1 aliphatic rings. The Morgan fingerprint density at radius 3 is 2.28 bits per heavy atom. The molecule has 0 atom stereocenters. The number of hydrogen-bond acceptors (Lipinski definition) is 6. The van der Waals surface area contributed by atoms with Crippen LogP contribution in [0.2, 0.25) is 5.02 Å². The number of rotatable bonds is 3. The Kier molecular flexibility index (Phi) is 3.58. The summed E-state index contributed by atoms with van der Waals surface area (Å²) < 4.78 is 20.8. The van der Waals surface area contributed by atoms with Crippen molar-refractivity contribution in [2.75, 3.05) is 21.0 Å². The average molecular weight is 294 g/mol. The molecule has 6 nitrogen and oxygen atoms in total. The topological polar surface area (TPSA) is 69.5 Å². The quantitative estimate of drug-likeness (QED) is 0.527. The molecular formula is C10H9Cl2NO5. The predicted octanol–water partition coefficient (Wildman–Crippen LogP) is 2.46. The van der Waals surface area contributed by atoms with E-state index in [4.69, 9.17) is 47.4 Å². The number of nitrogens with zero attached hydrogens (tertiary/aromatic N) is 1. The van der Waals surface area contributed by atoms with Gasteiger partial charge in [-0.15, -0.1) is 0 Å². The van der Waals surface area contributed by atoms with Gasteiger partial charge >= 0.3 is 0 Å². The predicted molar refractivity (Wildman–Crippen MR) is 64.9 cm³/mol. The first kappa shape index (κ1) is 12.9. The van der Waals surface area contributed by atoms with Gasteiger partial charge < -0.3 is 24.2 Å². The second-order valence-corrected chi connectivity index (χ2v) is 3.95. The van der Waals surface area contributed by atoms with Crippen LogP contribution < -0.4 is 18.9 Å². The molecule has 8 heteroatoms. The van der Waals surface area contributed by atoms with E-state index in [1.165, 1.54) is 14.2 Å². The van der Waals surface area contributed by atoms with Crippen LogP contribution in [0.4, 0.5) is 0 Å².